The van der Waals surface area contributed by atoms with Crippen LogP contribution in [-0.4, -0.2) is 9.13 Å². The molecule has 0 N–H and O–H groups in total. The van der Waals surface area contributed by atoms with Crippen LogP contribution >= 0.6 is 0 Å². The first-order chi connectivity index (χ1) is 34.6. The molecule has 2 aromatic heterocycles. The summed E-state index contributed by atoms with van der Waals surface area (Å²) in [6, 6.07) is 89.3. The summed E-state index contributed by atoms with van der Waals surface area (Å²) >= 11 is 0. The van der Waals surface area contributed by atoms with Gasteiger partial charge in [0.2, 0.25) is 0 Å². The number of para-hydroxylation sites is 4. The maximum atomic E-state index is 2.45. The largest absolute Gasteiger partial charge is 0.310 e. The van der Waals surface area contributed by atoms with Gasteiger partial charge in [0.15, 0.2) is 0 Å². The zero-order valence-electron chi connectivity index (χ0n) is 38.9. The number of fused-ring (bicyclic) bond motifs is 6. The normalized spacial score (nSPS) is 11.9. The summed E-state index contributed by atoms with van der Waals surface area (Å²) in [6.45, 7) is 4.37. The van der Waals surface area contributed by atoms with E-state index in [1.54, 1.807) is 0 Å². The van der Waals surface area contributed by atoms with Crippen molar-refractivity contribution in [1.82, 2.24) is 9.13 Å². The van der Waals surface area contributed by atoms with E-state index in [-0.39, 0.29) is 0 Å². The number of aryl methyl sites for hydroxylation is 2. The Balaban J connectivity index is 0.983. The molecular formula is C66H46N4. The molecule has 0 bridgehead atoms. The van der Waals surface area contributed by atoms with E-state index in [0.717, 1.165) is 45.5 Å². The summed E-state index contributed by atoms with van der Waals surface area (Å²) in [5.41, 5.74) is 16.3. The van der Waals surface area contributed by atoms with Gasteiger partial charge in [-0.2, -0.15) is 0 Å². The minimum absolute atomic E-state index is 1.11. The Hall–Kier alpha value is -9.12. The van der Waals surface area contributed by atoms with Gasteiger partial charge in [-0.05, 0) is 157 Å². The van der Waals surface area contributed by atoms with E-state index < -0.39 is 0 Å². The van der Waals surface area contributed by atoms with E-state index in [4.69, 9.17) is 0 Å². The predicted octanol–water partition coefficient (Wildman–Crippen LogP) is 18.3. The van der Waals surface area contributed by atoms with Crippen LogP contribution in [0.5, 0.6) is 0 Å². The van der Waals surface area contributed by atoms with Gasteiger partial charge in [0, 0.05) is 66.4 Å². The van der Waals surface area contributed by atoms with Crippen molar-refractivity contribution in [3.63, 3.8) is 0 Å². The van der Waals surface area contributed by atoms with Crippen LogP contribution in [0.1, 0.15) is 11.1 Å². The number of nitrogens with zero attached hydrogens (tertiary/aromatic N) is 4. The Morgan fingerprint density at radius 3 is 1.01 bits per heavy atom. The Labute approximate surface area is 406 Å². The van der Waals surface area contributed by atoms with Gasteiger partial charge in [0.05, 0.1) is 33.4 Å². The monoisotopic (exact) mass is 894 g/mol. The van der Waals surface area contributed by atoms with Crippen LogP contribution < -0.4 is 9.80 Å². The molecule has 4 heteroatoms. The second kappa shape index (κ2) is 15.7. The molecular weight excluding hydrogens is 849 g/mol. The third kappa shape index (κ3) is 6.16. The summed E-state index contributed by atoms with van der Waals surface area (Å²) in [6.07, 6.45) is 0. The van der Waals surface area contributed by atoms with E-state index >= 15 is 0 Å². The fourth-order valence-corrected chi connectivity index (χ4v) is 11.4. The van der Waals surface area contributed by atoms with E-state index in [9.17, 15) is 0 Å². The lowest BCUT2D eigenvalue weighted by molar-refractivity contribution is 1.18. The van der Waals surface area contributed by atoms with Crippen LogP contribution in [0.25, 0.3) is 87.3 Å². The van der Waals surface area contributed by atoms with E-state index in [2.05, 4.69) is 275 Å². The molecule has 0 saturated heterocycles. The van der Waals surface area contributed by atoms with Crippen molar-refractivity contribution >= 4 is 110 Å². The van der Waals surface area contributed by atoms with E-state index in [0.29, 0.717) is 0 Å². The summed E-state index contributed by atoms with van der Waals surface area (Å²) in [5.74, 6) is 0. The summed E-state index contributed by atoms with van der Waals surface area (Å²) < 4.78 is 4.80. The van der Waals surface area contributed by atoms with Crippen molar-refractivity contribution in [3.05, 3.63) is 254 Å². The molecule has 12 aromatic carbocycles. The van der Waals surface area contributed by atoms with Crippen LogP contribution in [0.3, 0.4) is 0 Å². The minimum Gasteiger partial charge on any atom is -0.310 e. The molecule has 14 aromatic rings. The van der Waals surface area contributed by atoms with Gasteiger partial charge in [-0.15, -0.1) is 0 Å². The SMILES string of the molecule is Cc1ccc2c(c1)c1cc(N(c3ccccc3)c3ccc4ccc5c(N(c6ccccc6)c6ccc7c(c6)c6cc(C)ccc6n7-c6ccccc6)ccc6ccc3c4c65)ccc1n2-c1ccccc1. The van der Waals surface area contributed by atoms with Gasteiger partial charge in [0.1, 0.15) is 0 Å². The maximum Gasteiger partial charge on any atom is 0.0542 e. The van der Waals surface area contributed by atoms with Crippen LogP contribution in [0, 0.1) is 13.8 Å². The highest BCUT2D eigenvalue weighted by Crippen LogP contribution is 2.49. The lowest BCUT2D eigenvalue weighted by Gasteiger charge is -2.29. The lowest BCUT2D eigenvalue weighted by atomic mass is 9.91. The standard InChI is InChI=1S/C66H46N4/c1-43-23-33-61-55(39-43)57-41-51(29-37-63(57)69(61)49-19-11-5-12-20-49)67(47-15-7-3-8-16-47)59-35-27-45-26-32-54-60(36-28-46-25-31-53(59)65(45)66(46)54)68(48-17-9-4-10-18-48)52-30-38-64-58(42-52)56-40-44(2)24-34-62(56)70(64)50-21-13-6-14-22-50/h3-42H,1-2H3. The van der Waals surface area contributed by atoms with Crippen LogP contribution in [0.2, 0.25) is 0 Å². The Bertz CT molecular complexity index is 4020. The topological polar surface area (TPSA) is 16.3 Å². The van der Waals surface area contributed by atoms with Gasteiger partial charge in [-0.3, -0.25) is 0 Å². The molecule has 70 heavy (non-hydrogen) atoms. The first-order valence-electron chi connectivity index (χ1n) is 24.2. The molecule has 2 heterocycles. The van der Waals surface area contributed by atoms with Crippen LogP contribution in [0.4, 0.5) is 34.1 Å². The molecule has 0 aliphatic heterocycles. The van der Waals surface area contributed by atoms with Gasteiger partial charge >= 0.3 is 0 Å². The molecule has 0 unspecified atom stereocenters. The van der Waals surface area contributed by atoms with Crippen molar-refractivity contribution in [2.45, 2.75) is 13.8 Å². The zero-order valence-corrected chi connectivity index (χ0v) is 38.9. The van der Waals surface area contributed by atoms with Crippen molar-refractivity contribution < 1.29 is 0 Å². The van der Waals surface area contributed by atoms with Crippen molar-refractivity contribution in [2.24, 2.45) is 0 Å². The zero-order chi connectivity index (χ0) is 46.5. The molecule has 0 atom stereocenters. The van der Waals surface area contributed by atoms with Gasteiger partial charge < -0.3 is 18.9 Å². The van der Waals surface area contributed by atoms with Gasteiger partial charge in [-0.25, -0.2) is 0 Å². The predicted molar refractivity (Wildman–Crippen MR) is 298 cm³/mol. The van der Waals surface area contributed by atoms with E-state index in [1.807, 2.05) is 0 Å². The molecule has 0 amide bonds. The first-order valence-corrected chi connectivity index (χ1v) is 24.2. The molecule has 0 radical (unpaired) electrons. The minimum atomic E-state index is 1.11. The molecule has 4 nitrogen and oxygen atoms in total. The second-order valence-corrected chi connectivity index (χ2v) is 18.7. The van der Waals surface area contributed by atoms with Gasteiger partial charge in [0.25, 0.3) is 0 Å². The first kappa shape index (κ1) is 40.0. The Morgan fingerprint density at radius 2 is 0.614 bits per heavy atom. The molecule has 14 rings (SSSR count). The molecule has 0 fully saturated rings. The van der Waals surface area contributed by atoms with E-state index in [1.165, 1.54) is 87.1 Å². The van der Waals surface area contributed by atoms with Crippen molar-refractivity contribution in [3.8, 4) is 11.4 Å². The molecule has 330 valence electrons. The number of aromatic nitrogens is 2. The summed E-state index contributed by atoms with van der Waals surface area (Å²) in [7, 11) is 0. The molecule has 0 aliphatic rings. The lowest BCUT2D eigenvalue weighted by Crippen LogP contribution is -2.11. The number of benzene rings is 12. The number of rotatable bonds is 8. The smallest absolute Gasteiger partial charge is 0.0542 e. The maximum absolute atomic E-state index is 2.45. The quantitative estimate of drug-likeness (QED) is 0.141. The van der Waals surface area contributed by atoms with Gasteiger partial charge in [-0.1, -0.05) is 132 Å². The highest BCUT2D eigenvalue weighted by molar-refractivity contribution is 6.28. The number of anilines is 6. The third-order valence-corrected chi connectivity index (χ3v) is 14.5. The van der Waals surface area contributed by atoms with Crippen LogP contribution in [0.15, 0.2) is 243 Å². The highest BCUT2D eigenvalue weighted by atomic mass is 15.2. The number of hydrogen-bond acceptors (Lipinski definition) is 2. The molecule has 0 spiro atoms. The average Bonchev–Trinajstić information content (AvgIpc) is 3.91. The Kier molecular flexibility index (Phi) is 8.99. The second-order valence-electron chi connectivity index (χ2n) is 18.7. The molecule has 0 aliphatic carbocycles. The fraction of sp³-hybridized carbons (Fsp3) is 0.0303. The molecule has 0 saturated carbocycles. The number of hydrogen-bond donors (Lipinski definition) is 0. The van der Waals surface area contributed by atoms with Crippen LogP contribution in [-0.2, 0) is 0 Å². The average molecular weight is 895 g/mol. The summed E-state index contributed by atoms with van der Waals surface area (Å²) in [5, 5.41) is 12.3. The fourth-order valence-electron chi connectivity index (χ4n) is 11.4. The van der Waals surface area contributed by atoms with Crippen molar-refractivity contribution in [1.29, 1.82) is 0 Å². The summed E-state index contributed by atoms with van der Waals surface area (Å²) in [4.78, 5) is 4.90. The third-order valence-electron chi connectivity index (χ3n) is 14.5. The van der Waals surface area contributed by atoms with Crippen molar-refractivity contribution in [2.75, 3.05) is 9.80 Å². The highest BCUT2D eigenvalue weighted by Gasteiger charge is 2.24. The Morgan fingerprint density at radius 1 is 0.271 bits per heavy atom.